The Labute approximate surface area is 80.3 Å². The second-order valence-electron chi connectivity index (χ2n) is 3.62. The van der Waals surface area contributed by atoms with Gasteiger partial charge in [0, 0.05) is 0 Å². The van der Waals surface area contributed by atoms with Gasteiger partial charge < -0.3 is 4.74 Å². The summed E-state index contributed by atoms with van der Waals surface area (Å²) >= 11 is -2.20. The van der Waals surface area contributed by atoms with E-state index in [1.165, 1.54) is 6.92 Å². The summed E-state index contributed by atoms with van der Waals surface area (Å²) in [6, 6.07) is -0.787. The molecule has 0 spiro atoms. The fraction of sp³-hybridized carbons (Fsp3) is 0.857. The average Bonchev–Trinajstić information content (AvgIpc) is 1.81. The van der Waals surface area contributed by atoms with Gasteiger partial charge in [0.05, 0.1) is 0 Å². The average molecular weight is 209 g/mol. The third-order valence-corrected chi connectivity index (χ3v) is 1.59. The van der Waals surface area contributed by atoms with Crippen LogP contribution in [0.3, 0.4) is 0 Å². The molecule has 1 unspecified atom stereocenters. The molecule has 0 aromatic carbocycles. The predicted octanol–water partition coefficient (Wildman–Crippen LogP) is 0.443. The standard InChI is InChI=1S/C7H15NO4S/c1-5(8-13(10)11)6(9)12-7(2,3)4/h5,8H,1-4H3,(H,10,11)/t5-/m1/s1. The molecule has 0 aliphatic rings. The molecule has 0 aromatic heterocycles. The van der Waals surface area contributed by atoms with Crippen molar-refractivity contribution in [3.05, 3.63) is 0 Å². The maximum atomic E-state index is 11.2. The van der Waals surface area contributed by atoms with Gasteiger partial charge in [-0.15, -0.1) is 0 Å². The molecule has 78 valence electrons. The first-order chi connectivity index (χ1) is 5.72. The highest BCUT2D eigenvalue weighted by atomic mass is 32.2. The first-order valence-corrected chi connectivity index (χ1v) is 4.93. The van der Waals surface area contributed by atoms with Crippen molar-refractivity contribution in [2.24, 2.45) is 0 Å². The van der Waals surface area contributed by atoms with Crippen LogP contribution < -0.4 is 4.72 Å². The number of hydrogen-bond donors (Lipinski definition) is 2. The van der Waals surface area contributed by atoms with Crippen LogP contribution >= 0.6 is 0 Å². The molecule has 2 N–H and O–H groups in total. The van der Waals surface area contributed by atoms with Gasteiger partial charge in [0.25, 0.3) is 0 Å². The Hall–Kier alpha value is -0.460. The molecule has 5 nitrogen and oxygen atoms in total. The van der Waals surface area contributed by atoms with Crippen LogP contribution in [0.1, 0.15) is 27.7 Å². The van der Waals surface area contributed by atoms with Crippen LogP contribution in [0.25, 0.3) is 0 Å². The molecule has 0 aliphatic heterocycles. The van der Waals surface area contributed by atoms with E-state index in [9.17, 15) is 9.00 Å². The maximum Gasteiger partial charge on any atom is 0.324 e. The van der Waals surface area contributed by atoms with Crippen LogP contribution in [0, 0.1) is 0 Å². The van der Waals surface area contributed by atoms with Gasteiger partial charge in [-0.3, -0.25) is 9.35 Å². The van der Waals surface area contributed by atoms with E-state index < -0.39 is 28.9 Å². The zero-order valence-corrected chi connectivity index (χ0v) is 8.97. The SMILES string of the molecule is C[C@@H](NS(=O)O)C(=O)OC(C)(C)C. The number of esters is 1. The van der Waals surface area contributed by atoms with Crippen LogP contribution in [-0.2, 0) is 20.8 Å². The summed E-state index contributed by atoms with van der Waals surface area (Å²) in [4.78, 5) is 11.2. The van der Waals surface area contributed by atoms with Crippen molar-refractivity contribution >= 4 is 17.2 Å². The molecule has 0 saturated heterocycles. The third-order valence-electron chi connectivity index (χ3n) is 1.04. The number of ether oxygens (including phenoxy) is 1. The van der Waals surface area contributed by atoms with E-state index in [0.29, 0.717) is 0 Å². The molecule has 2 atom stereocenters. The fourth-order valence-corrected chi connectivity index (χ4v) is 0.988. The minimum atomic E-state index is -2.20. The van der Waals surface area contributed by atoms with Gasteiger partial charge >= 0.3 is 5.97 Å². The second kappa shape index (κ2) is 4.69. The first kappa shape index (κ1) is 12.5. The smallest absolute Gasteiger partial charge is 0.324 e. The number of carbonyl (C=O) groups excluding carboxylic acids is 1. The third kappa shape index (κ3) is 6.68. The van der Waals surface area contributed by atoms with Crippen molar-refractivity contribution in [2.75, 3.05) is 0 Å². The summed E-state index contributed by atoms with van der Waals surface area (Å²) < 4.78 is 25.8. The van der Waals surface area contributed by atoms with E-state index in [-0.39, 0.29) is 0 Å². The largest absolute Gasteiger partial charge is 0.459 e. The Balaban J connectivity index is 4.05. The summed E-state index contributed by atoms with van der Waals surface area (Å²) in [5, 5.41) is 0. The van der Waals surface area contributed by atoms with Crippen molar-refractivity contribution in [2.45, 2.75) is 39.3 Å². The lowest BCUT2D eigenvalue weighted by atomic mass is 10.2. The van der Waals surface area contributed by atoms with E-state index in [1.54, 1.807) is 20.8 Å². The minimum Gasteiger partial charge on any atom is -0.459 e. The van der Waals surface area contributed by atoms with Gasteiger partial charge in [-0.05, 0) is 27.7 Å². The summed E-state index contributed by atoms with van der Waals surface area (Å²) in [6.45, 7) is 6.65. The lowest BCUT2D eigenvalue weighted by molar-refractivity contribution is -0.156. The van der Waals surface area contributed by atoms with E-state index in [4.69, 9.17) is 9.29 Å². The van der Waals surface area contributed by atoms with E-state index >= 15 is 0 Å². The van der Waals surface area contributed by atoms with Crippen LogP contribution in [0.5, 0.6) is 0 Å². The first-order valence-electron chi connectivity index (χ1n) is 3.82. The predicted molar refractivity (Wildman–Crippen MR) is 49.2 cm³/mol. The molecule has 0 aromatic rings. The Morgan fingerprint density at radius 3 is 2.31 bits per heavy atom. The van der Waals surface area contributed by atoms with Crippen molar-refractivity contribution in [3.63, 3.8) is 0 Å². The molecule has 0 rings (SSSR count). The number of hydrogen-bond acceptors (Lipinski definition) is 3. The lowest BCUT2D eigenvalue weighted by Crippen LogP contribution is -2.39. The van der Waals surface area contributed by atoms with Crippen LogP contribution in [-0.4, -0.2) is 26.4 Å². The Morgan fingerprint density at radius 1 is 1.54 bits per heavy atom. The van der Waals surface area contributed by atoms with Gasteiger partial charge in [-0.25, -0.2) is 8.93 Å². The van der Waals surface area contributed by atoms with Gasteiger partial charge in [-0.2, -0.15) is 0 Å². The van der Waals surface area contributed by atoms with E-state index in [2.05, 4.69) is 4.72 Å². The van der Waals surface area contributed by atoms with Crippen molar-refractivity contribution < 1.29 is 18.3 Å². The number of nitrogens with one attached hydrogen (secondary N) is 1. The molecular formula is C7H15NO4S. The van der Waals surface area contributed by atoms with Crippen LogP contribution in [0.4, 0.5) is 0 Å². The number of rotatable bonds is 3. The van der Waals surface area contributed by atoms with Gasteiger partial charge in [0.15, 0.2) is 0 Å². The topological polar surface area (TPSA) is 75.6 Å². The Kier molecular flexibility index (Phi) is 4.52. The van der Waals surface area contributed by atoms with Crippen LogP contribution in [0.2, 0.25) is 0 Å². The molecule has 6 heteroatoms. The summed E-state index contributed by atoms with van der Waals surface area (Å²) in [5.41, 5.74) is -0.579. The van der Waals surface area contributed by atoms with Crippen molar-refractivity contribution in [3.8, 4) is 0 Å². The molecule has 0 fully saturated rings. The highest BCUT2D eigenvalue weighted by molar-refractivity contribution is 7.77. The van der Waals surface area contributed by atoms with Crippen molar-refractivity contribution in [1.29, 1.82) is 0 Å². The highest BCUT2D eigenvalue weighted by Crippen LogP contribution is 2.08. The summed E-state index contributed by atoms with van der Waals surface area (Å²) in [7, 11) is 0. The summed E-state index contributed by atoms with van der Waals surface area (Å²) in [5.74, 6) is -0.546. The molecule has 0 bridgehead atoms. The Morgan fingerprint density at radius 2 is 2.00 bits per heavy atom. The molecule has 0 saturated carbocycles. The number of carbonyl (C=O) groups is 1. The Bertz CT molecular complexity index is 211. The van der Waals surface area contributed by atoms with E-state index in [1.807, 2.05) is 0 Å². The quantitative estimate of drug-likeness (QED) is 0.522. The maximum absolute atomic E-state index is 11.2. The second-order valence-corrected chi connectivity index (χ2v) is 4.36. The molecule has 0 heterocycles. The monoisotopic (exact) mass is 209 g/mol. The zero-order chi connectivity index (χ0) is 10.6. The lowest BCUT2D eigenvalue weighted by Gasteiger charge is -2.21. The van der Waals surface area contributed by atoms with E-state index in [0.717, 1.165) is 0 Å². The molecule has 0 radical (unpaired) electrons. The van der Waals surface area contributed by atoms with Gasteiger partial charge in [0.2, 0.25) is 11.3 Å². The zero-order valence-electron chi connectivity index (χ0n) is 8.16. The molecular weight excluding hydrogens is 194 g/mol. The van der Waals surface area contributed by atoms with Gasteiger partial charge in [0.1, 0.15) is 11.6 Å². The van der Waals surface area contributed by atoms with Gasteiger partial charge in [-0.1, -0.05) is 0 Å². The van der Waals surface area contributed by atoms with Crippen LogP contribution in [0.15, 0.2) is 0 Å². The highest BCUT2D eigenvalue weighted by Gasteiger charge is 2.22. The minimum absolute atomic E-state index is 0.546. The fourth-order valence-electron chi connectivity index (χ4n) is 0.590. The molecule has 13 heavy (non-hydrogen) atoms. The summed E-state index contributed by atoms with van der Waals surface area (Å²) in [6.07, 6.45) is 0. The molecule has 0 amide bonds. The molecule has 0 aliphatic carbocycles. The van der Waals surface area contributed by atoms with Crippen molar-refractivity contribution in [1.82, 2.24) is 4.72 Å². The normalized spacial score (nSPS) is 16.4.